The molecule has 1 aromatic carbocycles. The Bertz CT molecular complexity index is 686. The molecule has 7 heteroatoms. The van der Waals surface area contributed by atoms with Gasteiger partial charge in [-0.25, -0.2) is 0 Å². The van der Waals surface area contributed by atoms with Crippen LogP contribution >= 0.6 is 11.8 Å². The first-order valence-electron chi connectivity index (χ1n) is 9.42. The average molecular weight is 391 g/mol. The number of benzene rings is 1. The van der Waals surface area contributed by atoms with Crippen molar-refractivity contribution in [1.29, 1.82) is 0 Å². The molecule has 1 aliphatic heterocycles. The molecule has 146 valence electrons. The third kappa shape index (κ3) is 5.48. The van der Waals surface area contributed by atoms with E-state index in [-0.39, 0.29) is 41.9 Å². The van der Waals surface area contributed by atoms with E-state index in [1.807, 2.05) is 24.3 Å². The van der Waals surface area contributed by atoms with E-state index in [0.29, 0.717) is 12.3 Å². The fourth-order valence-corrected chi connectivity index (χ4v) is 4.58. The van der Waals surface area contributed by atoms with Crippen LogP contribution in [0.25, 0.3) is 0 Å². The fourth-order valence-electron chi connectivity index (χ4n) is 3.61. The summed E-state index contributed by atoms with van der Waals surface area (Å²) in [6.07, 6.45) is 4.55. The van der Waals surface area contributed by atoms with Gasteiger partial charge in [-0.15, -0.1) is 0 Å². The number of hydrogen-bond acceptors (Lipinski definition) is 5. The molecule has 1 heterocycles. The van der Waals surface area contributed by atoms with E-state index in [0.717, 1.165) is 37.0 Å². The molecule has 1 saturated carbocycles. The van der Waals surface area contributed by atoms with Crippen molar-refractivity contribution in [3.05, 3.63) is 29.8 Å². The van der Waals surface area contributed by atoms with Gasteiger partial charge in [0, 0.05) is 24.8 Å². The van der Waals surface area contributed by atoms with Crippen LogP contribution in [-0.4, -0.2) is 47.3 Å². The fraction of sp³-hybridized carbons (Fsp3) is 0.550. The van der Waals surface area contributed by atoms with Gasteiger partial charge in [-0.3, -0.25) is 14.4 Å². The summed E-state index contributed by atoms with van der Waals surface area (Å²) in [5, 5.41) is 3.09. The van der Waals surface area contributed by atoms with Crippen LogP contribution in [0.5, 0.6) is 5.75 Å². The summed E-state index contributed by atoms with van der Waals surface area (Å²) < 4.78 is 5.17. The Morgan fingerprint density at radius 1 is 1.22 bits per heavy atom. The van der Waals surface area contributed by atoms with Crippen LogP contribution in [0.3, 0.4) is 0 Å². The molecule has 1 N–H and O–H groups in total. The molecule has 2 amide bonds. The molecule has 6 nitrogen and oxygen atoms in total. The maximum Gasteiger partial charge on any atom is 0.239 e. The predicted molar refractivity (Wildman–Crippen MR) is 104 cm³/mol. The highest BCUT2D eigenvalue weighted by molar-refractivity contribution is 8.14. The zero-order valence-corrected chi connectivity index (χ0v) is 16.4. The van der Waals surface area contributed by atoms with E-state index in [1.165, 1.54) is 11.8 Å². The molecule has 1 saturated heterocycles. The van der Waals surface area contributed by atoms with Gasteiger partial charge >= 0.3 is 0 Å². The molecule has 0 spiro atoms. The number of hydrogen-bond donors (Lipinski definition) is 1. The Labute approximate surface area is 164 Å². The molecule has 0 aromatic heterocycles. The quantitative estimate of drug-likeness (QED) is 0.774. The Hall–Kier alpha value is -2.02. The highest BCUT2D eigenvalue weighted by Crippen LogP contribution is 2.27. The normalized spacial score (nSPS) is 19.9. The van der Waals surface area contributed by atoms with Crippen LogP contribution in [-0.2, 0) is 20.9 Å². The van der Waals surface area contributed by atoms with Gasteiger partial charge < -0.3 is 15.0 Å². The van der Waals surface area contributed by atoms with Crippen molar-refractivity contribution in [2.45, 2.75) is 44.7 Å². The van der Waals surface area contributed by atoms with Crippen molar-refractivity contribution < 1.29 is 19.1 Å². The number of thioether (sulfide) groups is 1. The zero-order chi connectivity index (χ0) is 19.2. The highest BCUT2D eigenvalue weighted by atomic mass is 32.2. The van der Waals surface area contributed by atoms with Crippen molar-refractivity contribution in [2.75, 3.05) is 19.4 Å². The first-order valence-corrected chi connectivity index (χ1v) is 10.4. The number of carbonyl (C=O) groups is 3. The molecule has 27 heavy (non-hydrogen) atoms. The van der Waals surface area contributed by atoms with Crippen LogP contribution < -0.4 is 10.1 Å². The topological polar surface area (TPSA) is 75.7 Å². The number of methoxy groups -OCH3 is 1. The van der Waals surface area contributed by atoms with E-state index in [1.54, 1.807) is 12.0 Å². The first kappa shape index (κ1) is 19.7. The molecule has 1 aromatic rings. The minimum atomic E-state index is -0.333. The van der Waals surface area contributed by atoms with E-state index >= 15 is 0 Å². The van der Waals surface area contributed by atoms with Gasteiger partial charge in [-0.1, -0.05) is 36.7 Å². The zero-order valence-electron chi connectivity index (χ0n) is 15.6. The molecular formula is C20H26N2O4S. The summed E-state index contributed by atoms with van der Waals surface area (Å²) in [7, 11) is 1.60. The summed E-state index contributed by atoms with van der Waals surface area (Å²) in [6.45, 7) is 0.368. The first-order chi connectivity index (χ1) is 13.0. The number of amides is 2. The van der Waals surface area contributed by atoms with Gasteiger partial charge in [0.05, 0.1) is 19.6 Å². The maximum absolute atomic E-state index is 12.9. The molecule has 0 bridgehead atoms. The van der Waals surface area contributed by atoms with E-state index in [4.69, 9.17) is 4.74 Å². The average Bonchev–Trinajstić information content (AvgIpc) is 3.33. The van der Waals surface area contributed by atoms with Gasteiger partial charge in [0.1, 0.15) is 5.75 Å². The summed E-state index contributed by atoms with van der Waals surface area (Å²) in [5.41, 5.74) is 0.926. The molecule has 1 unspecified atom stereocenters. The van der Waals surface area contributed by atoms with Gasteiger partial charge in [-0.05, 0) is 30.5 Å². The molecule has 2 fully saturated rings. The summed E-state index contributed by atoms with van der Waals surface area (Å²) in [5.74, 6) is 0.668. The SMILES string of the molecule is COc1ccc(CN(CC(=O)NC2CCCC2)C(=O)C2CSC(=O)C2)cc1. The number of carbonyl (C=O) groups excluding carboxylic acids is 3. The second-order valence-corrected chi connectivity index (χ2v) is 8.25. The number of ether oxygens (including phenoxy) is 1. The lowest BCUT2D eigenvalue weighted by Gasteiger charge is -2.25. The molecule has 1 atom stereocenters. The van der Waals surface area contributed by atoms with Crippen LogP contribution in [0.1, 0.15) is 37.7 Å². The lowest BCUT2D eigenvalue weighted by molar-refractivity contribution is -0.140. The van der Waals surface area contributed by atoms with Crippen LogP contribution in [0.4, 0.5) is 0 Å². The predicted octanol–water partition coefficient (Wildman–Crippen LogP) is 2.36. The van der Waals surface area contributed by atoms with Crippen LogP contribution in [0.2, 0.25) is 0 Å². The molecule has 3 rings (SSSR count). The Kier molecular flexibility index (Phi) is 6.77. The lowest BCUT2D eigenvalue weighted by Crippen LogP contribution is -2.45. The van der Waals surface area contributed by atoms with E-state index in [2.05, 4.69) is 5.32 Å². The maximum atomic E-state index is 12.9. The molecular weight excluding hydrogens is 364 g/mol. The molecule has 1 aliphatic carbocycles. The summed E-state index contributed by atoms with van der Waals surface area (Å²) in [6, 6.07) is 7.68. The Morgan fingerprint density at radius 3 is 2.52 bits per heavy atom. The number of rotatable bonds is 7. The van der Waals surface area contributed by atoms with E-state index in [9.17, 15) is 14.4 Å². The van der Waals surface area contributed by atoms with Gasteiger partial charge in [-0.2, -0.15) is 0 Å². The van der Waals surface area contributed by atoms with Crippen molar-refractivity contribution in [3.63, 3.8) is 0 Å². The van der Waals surface area contributed by atoms with Gasteiger partial charge in [0.15, 0.2) is 5.12 Å². The number of nitrogens with zero attached hydrogens (tertiary/aromatic N) is 1. The third-order valence-corrected chi connectivity index (χ3v) is 6.16. The minimum Gasteiger partial charge on any atom is -0.497 e. The van der Waals surface area contributed by atoms with Gasteiger partial charge in [0.25, 0.3) is 0 Å². The van der Waals surface area contributed by atoms with E-state index < -0.39 is 0 Å². The van der Waals surface area contributed by atoms with Gasteiger partial charge in [0.2, 0.25) is 11.8 Å². The van der Waals surface area contributed by atoms with Crippen molar-refractivity contribution in [3.8, 4) is 5.75 Å². The Balaban J connectivity index is 1.67. The van der Waals surface area contributed by atoms with Crippen LogP contribution in [0.15, 0.2) is 24.3 Å². The smallest absolute Gasteiger partial charge is 0.239 e. The minimum absolute atomic E-state index is 0.0245. The number of nitrogens with one attached hydrogen (secondary N) is 1. The second-order valence-electron chi connectivity index (χ2n) is 7.18. The largest absolute Gasteiger partial charge is 0.497 e. The highest BCUT2D eigenvalue weighted by Gasteiger charge is 2.33. The van der Waals surface area contributed by atoms with Crippen molar-refractivity contribution in [1.82, 2.24) is 10.2 Å². The third-order valence-electron chi connectivity index (χ3n) is 5.11. The van der Waals surface area contributed by atoms with Crippen molar-refractivity contribution in [2.24, 2.45) is 5.92 Å². The monoisotopic (exact) mass is 390 g/mol. The summed E-state index contributed by atoms with van der Waals surface area (Å²) in [4.78, 5) is 38.6. The second kappa shape index (κ2) is 9.26. The standard InChI is InChI=1S/C20H26N2O4S/c1-26-17-8-6-14(7-9-17)11-22(20(25)15-10-19(24)27-13-15)12-18(23)21-16-4-2-3-5-16/h6-9,15-16H,2-5,10-13H2,1H3,(H,21,23). The molecule has 2 aliphatic rings. The lowest BCUT2D eigenvalue weighted by atomic mass is 10.1. The summed E-state index contributed by atoms with van der Waals surface area (Å²) >= 11 is 1.20. The molecule has 0 radical (unpaired) electrons. The Morgan fingerprint density at radius 2 is 1.93 bits per heavy atom. The van der Waals surface area contributed by atoms with Crippen molar-refractivity contribution >= 4 is 28.7 Å². The van der Waals surface area contributed by atoms with Crippen LogP contribution in [0, 0.1) is 5.92 Å².